The first-order valence-electron chi connectivity index (χ1n) is 6.90. The van der Waals surface area contributed by atoms with Crippen molar-refractivity contribution in [3.8, 4) is 0 Å². The lowest BCUT2D eigenvalue weighted by atomic mass is 10.1. The van der Waals surface area contributed by atoms with E-state index in [0.29, 0.717) is 11.9 Å². The zero-order valence-corrected chi connectivity index (χ0v) is 11.1. The van der Waals surface area contributed by atoms with E-state index >= 15 is 0 Å². The third kappa shape index (κ3) is 1.74. The summed E-state index contributed by atoms with van der Waals surface area (Å²) in [6.45, 7) is 2.51. The van der Waals surface area contributed by atoms with Crippen molar-refractivity contribution in [1.82, 2.24) is 14.5 Å². The summed E-state index contributed by atoms with van der Waals surface area (Å²) >= 11 is 0. The van der Waals surface area contributed by atoms with Gasteiger partial charge in [-0.1, -0.05) is 18.2 Å². The molecule has 2 aromatic heterocycles. The van der Waals surface area contributed by atoms with Crippen LogP contribution in [0.3, 0.4) is 0 Å². The molecule has 1 saturated heterocycles. The Morgan fingerprint density at radius 2 is 2.20 bits per heavy atom. The molecule has 3 heterocycles. The Hall–Kier alpha value is -2.14. The second kappa shape index (κ2) is 4.45. The highest BCUT2D eigenvalue weighted by molar-refractivity contribution is 6.02. The maximum atomic E-state index is 6.11. The van der Waals surface area contributed by atoms with Gasteiger partial charge >= 0.3 is 0 Å². The van der Waals surface area contributed by atoms with Gasteiger partial charge in [0.25, 0.3) is 0 Å². The van der Waals surface area contributed by atoms with Crippen LogP contribution in [0.15, 0.2) is 30.5 Å². The molecule has 0 saturated carbocycles. The SMILES string of the molecule is Nc1nc2cnc3ccccc3c2n1CC1CCOC1. The van der Waals surface area contributed by atoms with Crippen molar-refractivity contribution in [2.24, 2.45) is 5.92 Å². The van der Waals surface area contributed by atoms with Crippen molar-refractivity contribution in [3.05, 3.63) is 30.5 Å². The molecule has 3 aromatic rings. The van der Waals surface area contributed by atoms with Crippen molar-refractivity contribution in [3.63, 3.8) is 0 Å². The molecule has 1 aliphatic rings. The molecule has 20 heavy (non-hydrogen) atoms. The fraction of sp³-hybridized carbons (Fsp3) is 0.333. The van der Waals surface area contributed by atoms with E-state index in [4.69, 9.17) is 10.5 Å². The molecule has 1 aliphatic heterocycles. The fourth-order valence-electron chi connectivity index (χ4n) is 2.95. The molecular formula is C15H16N4O. The number of nitrogens with two attached hydrogens (primary N) is 1. The third-order valence-corrected chi connectivity index (χ3v) is 3.97. The van der Waals surface area contributed by atoms with E-state index in [1.807, 2.05) is 18.2 Å². The summed E-state index contributed by atoms with van der Waals surface area (Å²) in [6.07, 6.45) is 2.89. The van der Waals surface area contributed by atoms with Crippen LogP contribution in [-0.4, -0.2) is 27.7 Å². The minimum Gasteiger partial charge on any atom is -0.381 e. The lowest BCUT2D eigenvalue weighted by Gasteiger charge is -2.12. The van der Waals surface area contributed by atoms with Crippen molar-refractivity contribution in [2.45, 2.75) is 13.0 Å². The number of nitrogen functional groups attached to an aromatic ring is 1. The molecule has 0 bridgehead atoms. The van der Waals surface area contributed by atoms with E-state index < -0.39 is 0 Å². The largest absolute Gasteiger partial charge is 0.381 e. The van der Waals surface area contributed by atoms with Crippen LogP contribution in [0.5, 0.6) is 0 Å². The molecule has 4 rings (SSSR count). The monoisotopic (exact) mass is 268 g/mol. The van der Waals surface area contributed by atoms with Crippen LogP contribution < -0.4 is 5.73 Å². The molecule has 1 aromatic carbocycles. The van der Waals surface area contributed by atoms with Crippen LogP contribution in [0, 0.1) is 5.92 Å². The van der Waals surface area contributed by atoms with Crippen LogP contribution in [-0.2, 0) is 11.3 Å². The van der Waals surface area contributed by atoms with E-state index in [1.165, 1.54) is 0 Å². The molecule has 0 aliphatic carbocycles. The van der Waals surface area contributed by atoms with E-state index in [9.17, 15) is 0 Å². The number of para-hydroxylation sites is 1. The third-order valence-electron chi connectivity index (χ3n) is 3.97. The number of anilines is 1. The molecule has 102 valence electrons. The number of fused-ring (bicyclic) bond motifs is 3. The lowest BCUT2D eigenvalue weighted by molar-refractivity contribution is 0.183. The second-order valence-corrected chi connectivity index (χ2v) is 5.32. The van der Waals surface area contributed by atoms with Crippen molar-refractivity contribution in [1.29, 1.82) is 0 Å². The van der Waals surface area contributed by atoms with Gasteiger partial charge in [-0.2, -0.15) is 0 Å². The molecule has 2 N–H and O–H groups in total. The summed E-state index contributed by atoms with van der Waals surface area (Å²) in [6, 6.07) is 8.11. The number of hydrogen-bond donors (Lipinski definition) is 1. The fourth-order valence-corrected chi connectivity index (χ4v) is 2.95. The minimum absolute atomic E-state index is 0.515. The summed E-state index contributed by atoms with van der Waals surface area (Å²) in [5.74, 6) is 1.08. The van der Waals surface area contributed by atoms with Crippen molar-refractivity contribution >= 4 is 27.9 Å². The van der Waals surface area contributed by atoms with E-state index in [0.717, 1.165) is 48.1 Å². The Kier molecular flexibility index (Phi) is 2.60. The summed E-state index contributed by atoms with van der Waals surface area (Å²) in [4.78, 5) is 8.88. The van der Waals surface area contributed by atoms with Gasteiger partial charge in [0.15, 0.2) is 0 Å². The maximum Gasteiger partial charge on any atom is 0.201 e. The number of benzene rings is 1. The Bertz CT molecular complexity index is 774. The molecule has 5 nitrogen and oxygen atoms in total. The first-order valence-corrected chi connectivity index (χ1v) is 6.90. The summed E-state index contributed by atoms with van der Waals surface area (Å²) < 4.78 is 7.57. The first kappa shape index (κ1) is 11.7. The van der Waals surface area contributed by atoms with Gasteiger partial charge in [-0.05, 0) is 12.5 Å². The Morgan fingerprint density at radius 3 is 3.05 bits per heavy atom. The van der Waals surface area contributed by atoms with Gasteiger partial charge in [0.1, 0.15) is 5.52 Å². The van der Waals surface area contributed by atoms with E-state index in [-0.39, 0.29) is 0 Å². The highest BCUT2D eigenvalue weighted by Crippen LogP contribution is 2.27. The van der Waals surface area contributed by atoms with Gasteiger partial charge in [-0.3, -0.25) is 4.98 Å². The Morgan fingerprint density at radius 1 is 1.30 bits per heavy atom. The first-order chi connectivity index (χ1) is 9.83. The van der Waals surface area contributed by atoms with Gasteiger partial charge in [-0.15, -0.1) is 0 Å². The number of aromatic nitrogens is 3. The van der Waals surface area contributed by atoms with Crippen LogP contribution in [0.25, 0.3) is 21.9 Å². The second-order valence-electron chi connectivity index (χ2n) is 5.32. The van der Waals surface area contributed by atoms with Crippen LogP contribution in [0.2, 0.25) is 0 Å². The molecule has 1 atom stereocenters. The summed E-state index contributed by atoms with van der Waals surface area (Å²) in [5.41, 5.74) is 9.03. The molecule has 0 radical (unpaired) electrons. The summed E-state index contributed by atoms with van der Waals surface area (Å²) in [7, 11) is 0. The van der Waals surface area contributed by atoms with Crippen LogP contribution >= 0.6 is 0 Å². The topological polar surface area (TPSA) is 66.0 Å². The van der Waals surface area contributed by atoms with Crippen LogP contribution in [0.4, 0.5) is 5.95 Å². The van der Waals surface area contributed by atoms with Crippen LogP contribution in [0.1, 0.15) is 6.42 Å². The zero-order valence-electron chi connectivity index (χ0n) is 11.1. The predicted molar refractivity (Wildman–Crippen MR) is 78.4 cm³/mol. The average Bonchev–Trinajstić information content (AvgIpc) is 3.08. The molecule has 0 amide bonds. The molecule has 0 spiro atoms. The number of imidazole rings is 1. The summed E-state index contributed by atoms with van der Waals surface area (Å²) in [5, 5.41) is 1.10. The zero-order chi connectivity index (χ0) is 13.5. The van der Waals surface area contributed by atoms with Gasteiger partial charge in [0.2, 0.25) is 5.95 Å². The molecule has 1 fully saturated rings. The maximum absolute atomic E-state index is 6.11. The van der Waals surface area contributed by atoms with E-state index in [2.05, 4.69) is 20.6 Å². The van der Waals surface area contributed by atoms with Gasteiger partial charge in [-0.25, -0.2) is 4.98 Å². The number of pyridine rings is 1. The lowest BCUT2D eigenvalue weighted by Crippen LogP contribution is -2.13. The average molecular weight is 268 g/mol. The number of nitrogens with zero attached hydrogens (tertiary/aromatic N) is 3. The standard InChI is InChI=1S/C15H16N4O/c16-15-18-13-7-17-12-4-2-1-3-11(12)14(13)19(15)8-10-5-6-20-9-10/h1-4,7,10H,5-6,8-9H2,(H2,16,18). The number of hydrogen-bond acceptors (Lipinski definition) is 4. The van der Waals surface area contributed by atoms with Gasteiger partial charge < -0.3 is 15.0 Å². The van der Waals surface area contributed by atoms with E-state index in [1.54, 1.807) is 6.20 Å². The number of rotatable bonds is 2. The van der Waals surface area contributed by atoms with Gasteiger partial charge in [0, 0.05) is 24.5 Å². The molecular weight excluding hydrogens is 252 g/mol. The normalized spacial score (nSPS) is 19.1. The predicted octanol–water partition coefficient (Wildman–Crippen LogP) is 2.20. The Labute approximate surface area is 116 Å². The molecule has 5 heteroatoms. The highest BCUT2D eigenvalue weighted by Gasteiger charge is 2.20. The van der Waals surface area contributed by atoms with Crippen molar-refractivity contribution < 1.29 is 4.74 Å². The molecule has 1 unspecified atom stereocenters. The number of ether oxygens (including phenoxy) is 1. The smallest absolute Gasteiger partial charge is 0.201 e. The highest BCUT2D eigenvalue weighted by atomic mass is 16.5. The van der Waals surface area contributed by atoms with Gasteiger partial charge in [0.05, 0.1) is 23.8 Å². The minimum atomic E-state index is 0.515. The Balaban J connectivity index is 1.93. The van der Waals surface area contributed by atoms with Crippen molar-refractivity contribution in [2.75, 3.05) is 18.9 Å². The quantitative estimate of drug-likeness (QED) is 0.773.